The summed E-state index contributed by atoms with van der Waals surface area (Å²) in [6.45, 7) is 6.48. The smallest absolute Gasteiger partial charge is 0.0785 e. The minimum atomic E-state index is 1.22. The topological polar surface area (TPSA) is 18.5 Å². The van der Waals surface area contributed by atoms with Gasteiger partial charge in [0.25, 0.3) is 0 Å². The van der Waals surface area contributed by atoms with E-state index in [0.717, 1.165) is 0 Å². The summed E-state index contributed by atoms with van der Waals surface area (Å²) in [7, 11) is 4.04. The first-order valence-corrected chi connectivity index (χ1v) is 5.52. The monoisotopic (exact) mass is 217 g/mol. The standard InChI is InChI=1S/C13H19N3/c1-9-6-10(2)13(11(3)7-9)12-8-15(4)14-16(12)5/h6-8,14H,1-5H3. The van der Waals surface area contributed by atoms with Gasteiger partial charge in [0, 0.05) is 25.9 Å². The van der Waals surface area contributed by atoms with Gasteiger partial charge in [-0.1, -0.05) is 17.7 Å². The van der Waals surface area contributed by atoms with Crippen molar-refractivity contribution in [3.63, 3.8) is 0 Å². The molecule has 1 aliphatic heterocycles. The van der Waals surface area contributed by atoms with Crippen LogP contribution in [-0.4, -0.2) is 24.1 Å². The van der Waals surface area contributed by atoms with Crippen LogP contribution in [0, 0.1) is 20.8 Å². The van der Waals surface area contributed by atoms with E-state index in [1.165, 1.54) is 28.0 Å². The quantitative estimate of drug-likeness (QED) is 0.778. The molecule has 2 rings (SSSR count). The van der Waals surface area contributed by atoms with Gasteiger partial charge in [-0.05, 0) is 31.9 Å². The second kappa shape index (κ2) is 3.83. The third kappa shape index (κ3) is 1.78. The molecule has 1 heterocycles. The first-order chi connectivity index (χ1) is 7.49. The maximum absolute atomic E-state index is 3.21. The minimum Gasteiger partial charge on any atom is -0.299 e. The highest BCUT2D eigenvalue weighted by Crippen LogP contribution is 2.28. The highest BCUT2D eigenvalue weighted by molar-refractivity contribution is 5.70. The fourth-order valence-corrected chi connectivity index (χ4v) is 2.41. The Morgan fingerprint density at radius 2 is 1.56 bits per heavy atom. The molecule has 1 N–H and O–H groups in total. The Balaban J connectivity index is 2.53. The summed E-state index contributed by atoms with van der Waals surface area (Å²) in [5, 5.41) is 4.01. The molecule has 0 atom stereocenters. The molecule has 0 amide bonds. The molecule has 0 aromatic heterocycles. The molecule has 0 saturated carbocycles. The highest BCUT2D eigenvalue weighted by Gasteiger charge is 2.19. The van der Waals surface area contributed by atoms with Crippen molar-refractivity contribution in [1.82, 2.24) is 15.6 Å². The average molecular weight is 217 g/mol. The average Bonchev–Trinajstić information content (AvgIpc) is 2.43. The molecule has 0 bridgehead atoms. The lowest BCUT2D eigenvalue weighted by Gasteiger charge is -2.20. The van der Waals surface area contributed by atoms with Crippen molar-refractivity contribution in [3.05, 3.63) is 40.6 Å². The SMILES string of the molecule is Cc1cc(C)c(C2=CN(C)NN2C)c(C)c1. The van der Waals surface area contributed by atoms with Crippen LogP contribution >= 0.6 is 0 Å². The summed E-state index contributed by atoms with van der Waals surface area (Å²) in [5.74, 6) is 0. The number of hydrazine groups is 2. The van der Waals surface area contributed by atoms with E-state index in [-0.39, 0.29) is 0 Å². The summed E-state index contributed by atoms with van der Waals surface area (Å²) in [6.07, 6.45) is 2.12. The Morgan fingerprint density at radius 1 is 1.00 bits per heavy atom. The van der Waals surface area contributed by atoms with Crippen molar-refractivity contribution in [2.24, 2.45) is 0 Å². The van der Waals surface area contributed by atoms with Crippen LogP contribution in [-0.2, 0) is 0 Å². The number of benzene rings is 1. The van der Waals surface area contributed by atoms with E-state index in [9.17, 15) is 0 Å². The van der Waals surface area contributed by atoms with Gasteiger partial charge in [-0.15, -0.1) is 5.53 Å². The molecule has 1 aliphatic rings. The Bertz CT molecular complexity index is 425. The zero-order valence-electron chi connectivity index (χ0n) is 10.6. The molecule has 1 aromatic carbocycles. The lowest BCUT2D eigenvalue weighted by Crippen LogP contribution is -2.35. The van der Waals surface area contributed by atoms with Gasteiger partial charge < -0.3 is 0 Å². The lowest BCUT2D eigenvalue weighted by atomic mass is 9.97. The van der Waals surface area contributed by atoms with Gasteiger partial charge >= 0.3 is 0 Å². The van der Waals surface area contributed by atoms with Crippen molar-refractivity contribution >= 4 is 5.70 Å². The second-order valence-corrected chi connectivity index (χ2v) is 4.56. The summed E-state index contributed by atoms with van der Waals surface area (Å²) in [6, 6.07) is 4.46. The van der Waals surface area contributed by atoms with Gasteiger partial charge in [-0.3, -0.25) is 10.0 Å². The Morgan fingerprint density at radius 3 is 2.00 bits per heavy atom. The van der Waals surface area contributed by atoms with Crippen molar-refractivity contribution in [2.45, 2.75) is 20.8 Å². The predicted octanol–water partition coefficient (Wildman–Crippen LogP) is 2.21. The normalized spacial score (nSPS) is 15.7. The number of rotatable bonds is 1. The van der Waals surface area contributed by atoms with Gasteiger partial charge in [-0.2, -0.15) is 0 Å². The molecule has 0 unspecified atom stereocenters. The van der Waals surface area contributed by atoms with Crippen LogP contribution in [0.2, 0.25) is 0 Å². The van der Waals surface area contributed by atoms with E-state index in [0.29, 0.717) is 0 Å². The zero-order valence-corrected chi connectivity index (χ0v) is 10.6. The molecule has 86 valence electrons. The molecule has 0 fully saturated rings. The van der Waals surface area contributed by atoms with Crippen LogP contribution in [0.25, 0.3) is 5.70 Å². The minimum absolute atomic E-state index is 1.22. The summed E-state index contributed by atoms with van der Waals surface area (Å²) >= 11 is 0. The van der Waals surface area contributed by atoms with Crippen LogP contribution in [0.4, 0.5) is 0 Å². The Labute approximate surface area is 97.3 Å². The Hall–Kier alpha value is -1.48. The molecule has 1 aromatic rings. The van der Waals surface area contributed by atoms with Crippen LogP contribution in [0.3, 0.4) is 0 Å². The number of nitrogens with one attached hydrogen (secondary N) is 1. The molecular weight excluding hydrogens is 198 g/mol. The second-order valence-electron chi connectivity index (χ2n) is 4.56. The molecular formula is C13H19N3. The van der Waals surface area contributed by atoms with Crippen molar-refractivity contribution in [3.8, 4) is 0 Å². The van der Waals surface area contributed by atoms with Gasteiger partial charge in [-0.25, -0.2) is 0 Å². The molecule has 0 saturated heterocycles. The Kier molecular flexibility index (Phi) is 2.64. The third-order valence-electron chi connectivity index (χ3n) is 2.92. The first-order valence-electron chi connectivity index (χ1n) is 5.52. The molecule has 0 aliphatic carbocycles. The highest BCUT2D eigenvalue weighted by atomic mass is 15.8. The van der Waals surface area contributed by atoms with E-state index < -0.39 is 0 Å². The first kappa shape index (κ1) is 11.0. The van der Waals surface area contributed by atoms with Gasteiger partial charge in [0.15, 0.2) is 0 Å². The summed E-state index contributed by atoms with van der Waals surface area (Å²) in [4.78, 5) is 0. The fraction of sp³-hybridized carbons (Fsp3) is 0.385. The molecule has 3 heteroatoms. The number of aryl methyl sites for hydroxylation is 3. The van der Waals surface area contributed by atoms with Crippen LogP contribution in [0.5, 0.6) is 0 Å². The number of hydrogen-bond donors (Lipinski definition) is 1. The molecule has 16 heavy (non-hydrogen) atoms. The van der Waals surface area contributed by atoms with Crippen molar-refractivity contribution in [1.29, 1.82) is 0 Å². The largest absolute Gasteiger partial charge is 0.299 e. The van der Waals surface area contributed by atoms with Gasteiger partial charge in [0.05, 0.1) is 5.70 Å². The maximum atomic E-state index is 3.21. The molecule has 0 radical (unpaired) electrons. The zero-order chi connectivity index (χ0) is 11.9. The molecule has 3 nitrogen and oxygen atoms in total. The maximum Gasteiger partial charge on any atom is 0.0785 e. The van der Waals surface area contributed by atoms with Crippen LogP contribution in [0.1, 0.15) is 22.3 Å². The van der Waals surface area contributed by atoms with Crippen LogP contribution in [0.15, 0.2) is 18.3 Å². The summed E-state index contributed by atoms with van der Waals surface area (Å²) in [5.41, 5.74) is 9.73. The third-order valence-corrected chi connectivity index (χ3v) is 2.92. The number of hydrogen-bond acceptors (Lipinski definition) is 3. The molecule has 0 spiro atoms. The van der Waals surface area contributed by atoms with Gasteiger partial charge in [0.2, 0.25) is 0 Å². The van der Waals surface area contributed by atoms with E-state index in [4.69, 9.17) is 0 Å². The van der Waals surface area contributed by atoms with Crippen molar-refractivity contribution < 1.29 is 0 Å². The fourth-order valence-electron chi connectivity index (χ4n) is 2.41. The van der Waals surface area contributed by atoms with E-state index in [1.807, 2.05) is 24.1 Å². The van der Waals surface area contributed by atoms with E-state index in [2.05, 4.69) is 44.6 Å². The summed E-state index contributed by atoms with van der Waals surface area (Å²) < 4.78 is 0. The lowest BCUT2D eigenvalue weighted by molar-refractivity contribution is 0.199. The van der Waals surface area contributed by atoms with E-state index in [1.54, 1.807) is 0 Å². The van der Waals surface area contributed by atoms with E-state index >= 15 is 0 Å². The van der Waals surface area contributed by atoms with Crippen molar-refractivity contribution in [2.75, 3.05) is 14.1 Å². The predicted molar refractivity (Wildman–Crippen MR) is 67.3 cm³/mol. The van der Waals surface area contributed by atoms with Crippen LogP contribution < -0.4 is 5.53 Å². The number of nitrogens with zero attached hydrogens (tertiary/aromatic N) is 2. The van der Waals surface area contributed by atoms with Gasteiger partial charge in [0.1, 0.15) is 0 Å².